The molecule has 0 radical (unpaired) electrons. The van der Waals surface area contributed by atoms with Crippen molar-refractivity contribution >= 4 is 10.0 Å². The van der Waals surface area contributed by atoms with Crippen molar-refractivity contribution in [3.63, 3.8) is 0 Å². The molecule has 1 rings (SSSR count). The lowest BCUT2D eigenvalue weighted by atomic mass is 9.76. The Hall–Kier alpha value is -0.130. The van der Waals surface area contributed by atoms with E-state index < -0.39 is 15.3 Å². The van der Waals surface area contributed by atoms with Crippen LogP contribution < -0.4 is 4.72 Å². The van der Waals surface area contributed by atoms with Gasteiger partial charge in [0.25, 0.3) is 0 Å². The monoisotopic (exact) mass is 221 g/mol. The standard InChI is InChI=1S/C9H19NO3S/c1-3-9(5-4-6-9)10-14(12,13)8(2)7-11/h8,10-11H,3-7H2,1-2H3. The fraction of sp³-hybridized carbons (Fsp3) is 1.00. The molecular formula is C9H19NO3S. The van der Waals surface area contributed by atoms with Crippen molar-refractivity contribution in [1.29, 1.82) is 0 Å². The zero-order chi connectivity index (χ0) is 10.8. The van der Waals surface area contributed by atoms with Crippen molar-refractivity contribution in [3.05, 3.63) is 0 Å². The average molecular weight is 221 g/mol. The summed E-state index contributed by atoms with van der Waals surface area (Å²) in [6.07, 6.45) is 3.75. The Morgan fingerprint density at radius 1 is 1.50 bits per heavy atom. The van der Waals surface area contributed by atoms with Crippen LogP contribution in [-0.4, -0.2) is 30.9 Å². The Balaban J connectivity index is 2.67. The highest BCUT2D eigenvalue weighted by molar-refractivity contribution is 7.90. The third-order valence-electron chi connectivity index (χ3n) is 3.13. The average Bonchev–Trinajstić information content (AvgIpc) is 2.10. The molecule has 5 heteroatoms. The highest BCUT2D eigenvalue weighted by atomic mass is 32.2. The Kier molecular flexibility index (Phi) is 3.55. The van der Waals surface area contributed by atoms with Gasteiger partial charge in [-0.2, -0.15) is 0 Å². The Labute approximate surface area is 85.8 Å². The molecule has 1 aliphatic rings. The highest BCUT2D eigenvalue weighted by Crippen LogP contribution is 2.35. The lowest BCUT2D eigenvalue weighted by Gasteiger charge is -2.42. The second-order valence-corrected chi connectivity index (χ2v) is 6.23. The number of aliphatic hydroxyl groups excluding tert-OH is 1. The van der Waals surface area contributed by atoms with Gasteiger partial charge in [-0.05, 0) is 32.6 Å². The van der Waals surface area contributed by atoms with Crippen molar-refractivity contribution in [3.8, 4) is 0 Å². The topological polar surface area (TPSA) is 66.4 Å². The van der Waals surface area contributed by atoms with Crippen LogP contribution in [0.1, 0.15) is 39.5 Å². The quantitative estimate of drug-likeness (QED) is 0.715. The predicted octanol–water partition coefficient (Wildman–Crippen LogP) is 0.619. The number of hydrogen-bond acceptors (Lipinski definition) is 3. The van der Waals surface area contributed by atoms with Crippen molar-refractivity contribution in [2.75, 3.05) is 6.61 Å². The van der Waals surface area contributed by atoms with Gasteiger partial charge in [-0.15, -0.1) is 0 Å². The van der Waals surface area contributed by atoms with Crippen LogP contribution >= 0.6 is 0 Å². The molecule has 1 aliphatic carbocycles. The van der Waals surface area contributed by atoms with Crippen LogP contribution in [0.2, 0.25) is 0 Å². The van der Waals surface area contributed by atoms with Gasteiger partial charge in [0.1, 0.15) is 0 Å². The summed E-state index contributed by atoms with van der Waals surface area (Å²) in [5.41, 5.74) is -0.220. The molecule has 14 heavy (non-hydrogen) atoms. The highest BCUT2D eigenvalue weighted by Gasteiger charge is 2.39. The summed E-state index contributed by atoms with van der Waals surface area (Å²) < 4.78 is 26.0. The second kappa shape index (κ2) is 4.16. The summed E-state index contributed by atoms with van der Waals surface area (Å²) >= 11 is 0. The zero-order valence-electron chi connectivity index (χ0n) is 8.78. The van der Waals surface area contributed by atoms with E-state index in [0.29, 0.717) is 0 Å². The third kappa shape index (κ3) is 2.27. The van der Waals surface area contributed by atoms with Gasteiger partial charge in [0.15, 0.2) is 0 Å². The van der Waals surface area contributed by atoms with Crippen molar-refractivity contribution in [1.82, 2.24) is 4.72 Å². The minimum absolute atomic E-state index is 0.220. The van der Waals surface area contributed by atoms with E-state index in [-0.39, 0.29) is 12.1 Å². The van der Waals surface area contributed by atoms with Gasteiger partial charge in [-0.25, -0.2) is 13.1 Å². The van der Waals surface area contributed by atoms with Crippen LogP contribution in [0.4, 0.5) is 0 Å². The van der Waals surface area contributed by atoms with Gasteiger partial charge < -0.3 is 5.11 Å². The van der Waals surface area contributed by atoms with Gasteiger partial charge in [-0.3, -0.25) is 0 Å². The molecular weight excluding hydrogens is 202 g/mol. The molecule has 0 saturated heterocycles. The maximum absolute atomic E-state index is 11.7. The van der Waals surface area contributed by atoms with E-state index >= 15 is 0 Å². The molecule has 0 aromatic carbocycles. The van der Waals surface area contributed by atoms with E-state index in [9.17, 15) is 8.42 Å². The molecule has 4 nitrogen and oxygen atoms in total. The van der Waals surface area contributed by atoms with Gasteiger partial charge in [0, 0.05) is 5.54 Å². The second-order valence-electron chi connectivity index (χ2n) is 4.13. The van der Waals surface area contributed by atoms with E-state index in [1.807, 2.05) is 6.92 Å². The molecule has 0 amide bonds. The molecule has 0 spiro atoms. The first-order valence-electron chi connectivity index (χ1n) is 5.09. The summed E-state index contributed by atoms with van der Waals surface area (Å²) in [4.78, 5) is 0. The van der Waals surface area contributed by atoms with Crippen LogP contribution in [-0.2, 0) is 10.0 Å². The first-order chi connectivity index (χ1) is 6.46. The summed E-state index contributed by atoms with van der Waals surface area (Å²) in [5, 5.41) is 8.10. The van der Waals surface area contributed by atoms with Gasteiger partial charge >= 0.3 is 0 Å². The van der Waals surface area contributed by atoms with Crippen LogP contribution in [0.15, 0.2) is 0 Å². The molecule has 0 aromatic rings. The normalized spacial score (nSPS) is 22.8. The number of sulfonamides is 1. The smallest absolute Gasteiger partial charge is 0.216 e. The molecule has 84 valence electrons. The lowest BCUT2D eigenvalue weighted by molar-refractivity contribution is 0.211. The van der Waals surface area contributed by atoms with Gasteiger partial charge in [0.05, 0.1) is 11.9 Å². The molecule has 0 aliphatic heterocycles. The zero-order valence-corrected chi connectivity index (χ0v) is 9.60. The minimum atomic E-state index is -3.34. The van der Waals surface area contributed by atoms with Crippen LogP contribution in [0.25, 0.3) is 0 Å². The van der Waals surface area contributed by atoms with Crippen LogP contribution in [0, 0.1) is 0 Å². The Bertz CT molecular complexity index is 277. The number of rotatable bonds is 5. The van der Waals surface area contributed by atoms with E-state index in [1.54, 1.807) is 0 Å². The molecule has 1 unspecified atom stereocenters. The summed E-state index contributed by atoms with van der Waals surface area (Å²) in [7, 11) is -3.34. The Morgan fingerprint density at radius 2 is 2.07 bits per heavy atom. The van der Waals surface area contributed by atoms with Crippen LogP contribution in [0.3, 0.4) is 0 Å². The van der Waals surface area contributed by atoms with Crippen LogP contribution in [0.5, 0.6) is 0 Å². The summed E-state index contributed by atoms with van der Waals surface area (Å²) in [5.74, 6) is 0. The molecule has 1 saturated carbocycles. The molecule has 2 N–H and O–H groups in total. The fourth-order valence-electron chi connectivity index (χ4n) is 1.63. The predicted molar refractivity (Wildman–Crippen MR) is 55.5 cm³/mol. The van der Waals surface area contributed by atoms with E-state index in [4.69, 9.17) is 5.11 Å². The van der Waals surface area contributed by atoms with E-state index in [0.717, 1.165) is 25.7 Å². The summed E-state index contributed by atoms with van der Waals surface area (Å²) in [6.45, 7) is 3.19. The summed E-state index contributed by atoms with van der Waals surface area (Å²) in [6, 6.07) is 0. The number of nitrogens with one attached hydrogen (secondary N) is 1. The Morgan fingerprint density at radius 3 is 2.36 bits per heavy atom. The van der Waals surface area contributed by atoms with Crippen molar-refractivity contribution < 1.29 is 13.5 Å². The maximum Gasteiger partial charge on any atom is 0.216 e. The first-order valence-corrected chi connectivity index (χ1v) is 6.64. The minimum Gasteiger partial charge on any atom is -0.395 e. The molecule has 0 heterocycles. The van der Waals surface area contributed by atoms with Crippen molar-refractivity contribution in [2.45, 2.75) is 50.3 Å². The SMILES string of the molecule is CCC1(NS(=O)(=O)C(C)CO)CCC1. The third-order valence-corrected chi connectivity index (χ3v) is 5.06. The van der Waals surface area contributed by atoms with Crippen molar-refractivity contribution in [2.24, 2.45) is 0 Å². The largest absolute Gasteiger partial charge is 0.395 e. The van der Waals surface area contributed by atoms with E-state index in [1.165, 1.54) is 6.92 Å². The molecule has 0 bridgehead atoms. The van der Waals surface area contributed by atoms with E-state index in [2.05, 4.69) is 4.72 Å². The van der Waals surface area contributed by atoms with Gasteiger partial charge in [-0.1, -0.05) is 6.92 Å². The molecule has 1 fully saturated rings. The first kappa shape index (κ1) is 11.9. The number of aliphatic hydroxyl groups is 1. The maximum atomic E-state index is 11.7. The fourth-order valence-corrected chi connectivity index (χ4v) is 2.98. The van der Waals surface area contributed by atoms with Gasteiger partial charge in [0.2, 0.25) is 10.0 Å². The number of hydrogen-bond donors (Lipinski definition) is 2. The molecule has 1 atom stereocenters. The molecule has 0 aromatic heterocycles. The lowest BCUT2D eigenvalue weighted by Crippen LogP contribution is -2.55.